The second kappa shape index (κ2) is 5.49. The number of azo groups is 1. The summed E-state index contributed by atoms with van der Waals surface area (Å²) in [5.41, 5.74) is 9.04. The van der Waals surface area contributed by atoms with Gasteiger partial charge in [0.15, 0.2) is 28.3 Å². The number of para-hydroxylation sites is 1. The fraction of sp³-hybridized carbons (Fsp3) is 0.125. The second-order valence-corrected chi connectivity index (χ2v) is 7.62. The number of imidazole rings is 1. The highest BCUT2D eigenvalue weighted by Crippen LogP contribution is 2.34. The molecule has 0 fully saturated rings. The van der Waals surface area contributed by atoms with E-state index in [0.29, 0.717) is 28.4 Å². The summed E-state index contributed by atoms with van der Waals surface area (Å²) in [7, 11) is -3.48. The van der Waals surface area contributed by atoms with E-state index in [1.807, 2.05) is 24.3 Å². The number of aromatic nitrogens is 2. The number of hydrogen-bond acceptors (Lipinski definition) is 7. The van der Waals surface area contributed by atoms with Gasteiger partial charge < -0.3 is 10.7 Å². The molecule has 0 amide bonds. The molecule has 4 rings (SSSR count). The maximum absolute atomic E-state index is 12.3. The first kappa shape index (κ1) is 15.5. The molecule has 8 nitrogen and oxygen atoms in total. The summed E-state index contributed by atoms with van der Waals surface area (Å²) in [6.45, 7) is 0.187. The first-order valence-corrected chi connectivity index (χ1v) is 9.34. The Kier molecular flexibility index (Phi) is 3.39. The Morgan fingerprint density at radius 2 is 1.88 bits per heavy atom. The van der Waals surface area contributed by atoms with Gasteiger partial charge in [0.05, 0.1) is 15.9 Å². The van der Waals surface area contributed by atoms with Crippen molar-refractivity contribution in [3.63, 3.8) is 0 Å². The number of nitrogen functional groups attached to an aromatic ring is 1. The summed E-state index contributed by atoms with van der Waals surface area (Å²) in [5, 5.41) is 7.86. The predicted molar refractivity (Wildman–Crippen MR) is 95.3 cm³/mol. The standard InChI is InChI=1S/C16H14N6O2S/c1-25(23,24)12-7-3-4-9(13(12)15-18-8-19-22-15)10-5-2-6-11-14(10)21-16(17)20-11/h2-7H,8H2,1H3,(H3,17,20,21). The molecule has 1 aliphatic heterocycles. The van der Waals surface area contributed by atoms with Crippen LogP contribution in [0.15, 0.2) is 56.5 Å². The van der Waals surface area contributed by atoms with Crippen molar-refractivity contribution in [2.75, 3.05) is 18.7 Å². The normalized spacial score (nSPS) is 14.2. The average molecular weight is 354 g/mol. The molecule has 1 aromatic heterocycles. The van der Waals surface area contributed by atoms with E-state index in [4.69, 9.17) is 5.73 Å². The lowest BCUT2D eigenvalue weighted by Crippen LogP contribution is -2.08. The summed E-state index contributed by atoms with van der Waals surface area (Å²) in [5.74, 6) is 0.595. The maximum atomic E-state index is 12.3. The molecular formula is C16H14N6O2S. The van der Waals surface area contributed by atoms with Gasteiger partial charge in [0.2, 0.25) is 0 Å². The smallest absolute Gasteiger partial charge is 0.198 e. The first-order chi connectivity index (χ1) is 11.9. The van der Waals surface area contributed by atoms with Crippen LogP contribution in [-0.4, -0.2) is 37.1 Å². The van der Waals surface area contributed by atoms with E-state index >= 15 is 0 Å². The van der Waals surface area contributed by atoms with Gasteiger partial charge in [0, 0.05) is 17.4 Å². The Balaban J connectivity index is 2.10. The second-order valence-electron chi connectivity index (χ2n) is 5.64. The van der Waals surface area contributed by atoms with Gasteiger partial charge in [-0.05, 0) is 17.7 Å². The van der Waals surface area contributed by atoms with Crippen molar-refractivity contribution in [2.24, 2.45) is 15.2 Å². The zero-order valence-electron chi connectivity index (χ0n) is 13.3. The van der Waals surface area contributed by atoms with Crippen molar-refractivity contribution < 1.29 is 8.42 Å². The number of amidine groups is 1. The van der Waals surface area contributed by atoms with Gasteiger partial charge in [-0.25, -0.2) is 18.4 Å². The number of nitrogens with one attached hydrogen (secondary N) is 1. The van der Waals surface area contributed by atoms with Crippen LogP contribution in [0.2, 0.25) is 0 Å². The van der Waals surface area contributed by atoms with Gasteiger partial charge in [0.1, 0.15) is 0 Å². The number of benzene rings is 2. The van der Waals surface area contributed by atoms with Crippen LogP contribution in [-0.2, 0) is 9.84 Å². The number of anilines is 1. The molecule has 25 heavy (non-hydrogen) atoms. The van der Waals surface area contributed by atoms with Crippen LogP contribution in [0.1, 0.15) is 5.56 Å². The monoisotopic (exact) mass is 354 g/mol. The van der Waals surface area contributed by atoms with E-state index in [9.17, 15) is 8.42 Å². The van der Waals surface area contributed by atoms with E-state index in [1.54, 1.807) is 12.1 Å². The van der Waals surface area contributed by atoms with E-state index in [0.717, 1.165) is 17.3 Å². The lowest BCUT2D eigenvalue weighted by atomic mass is 9.97. The summed E-state index contributed by atoms with van der Waals surface area (Å²) >= 11 is 0. The SMILES string of the molecule is CS(=O)(=O)c1cccc(-c2cccc3[nH]c(N)nc23)c1C1=NCN=N1. The zero-order chi connectivity index (χ0) is 17.6. The maximum Gasteiger partial charge on any atom is 0.198 e. The highest BCUT2D eigenvalue weighted by Gasteiger charge is 2.24. The number of aliphatic imine (C=N–C) groups is 1. The van der Waals surface area contributed by atoms with Crippen LogP contribution in [0.5, 0.6) is 0 Å². The first-order valence-electron chi connectivity index (χ1n) is 7.45. The molecule has 0 saturated heterocycles. The number of nitrogens with two attached hydrogens (primary N) is 1. The average Bonchev–Trinajstić information content (AvgIpc) is 3.21. The lowest BCUT2D eigenvalue weighted by molar-refractivity contribution is 0.601. The minimum Gasteiger partial charge on any atom is -0.369 e. The molecule has 126 valence electrons. The molecule has 0 atom stereocenters. The van der Waals surface area contributed by atoms with Gasteiger partial charge in [-0.15, -0.1) is 5.11 Å². The third-order valence-electron chi connectivity index (χ3n) is 3.92. The summed E-state index contributed by atoms with van der Waals surface area (Å²) in [6.07, 6.45) is 1.16. The molecule has 2 aromatic carbocycles. The van der Waals surface area contributed by atoms with Crippen molar-refractivity contribution in [3.8, 4) is 11.1 Å². The Hall–Kier alpha value is -3.07. The molecule has 2 heterocycles. The Morgan fingerprint density at radius 1 is 1.12 bits per heavy atom. The van der Waals surface area contributed by atoms with Gasteiger partial charge in [-0.2, -0.15) is 5.11 Å². The number of H-pyrrole nitrogens is 1. The molecule has 9 heteroatoms. The minimum atomic E-state index is -3.48. The fourth-order valence-corrected chi connectivity index (χ4v) is 3.82. The number of aromatic amines is 1. The van der Waals surface area contributed by atoms with Crippen LogP contribution < -0.4 is 5.73 Å². The molecule has 0 spiro atoms. The fourth-order valence-electron chi connectivity index (χ4n) is 2.92. The third-order valence-corrected chi connectivity index (χ3v) is 5.06. The van der Waals surface area contributed by atoms with Gasteiger partial charge in [-0.1, -0.05) is 24.3 Å². The number of fused-ring (bicyclic) bond motifs is 1. The van der Waals surface area contributed by atoms with E-state index in [-0.39, 0.29) is 11.6 Å². The molecule has 0 radical (unpaired) electrons. The van der Waals surface area contributed by atoms with Crippen LogP contribution in [0, 0.1) is 0 Å². The summed E-state index contributed by atoms with van der Waals surface area (Å²) < 4.78 is 24.6. The van der Waals surface area contributed by atoms with Crippen LogP contribution in [0.4, 0.5) is 5.95 Å². The molecular weight excluding hydrogens is 340 g/mol. The highest BCUT2D eigenvalue weighted by molar-refractivity contribution is 7.90. The molecule has 0 aliphatic carbocycles. The minimum absolute atomic E-state index is 0.158. The summed E-state index contributed by atoms with van der Waals surface area (Å²) in [4.78, 5) is 11.7. The van der Waals surface area contributed by atoms with E-state index in [2.05, 4.69) is 25.2 Å². The van der Waals surface area contributed by atoms with Gasteiger partial charge in [0.25, 0.3) is 0 Å². The highest BCUT2D eigenvalue weighted by atomic mass is 32.2. The van der Waals surface area contributed by atoms with Crippen LogP contribution in [0.3, 0.4) is 0 Å². The molecule has 3 aromatic rings. The molecule has 0 bridgehead atoms. The van der Waals surface area contributed by atoms with Crippen LogP contribution >= 0.6 is 0 Å². The molecule has 0 saturated carbocycles. The van der Waals surface area contributed by atoms with Crippen molar-refractivity contribution in [1.82, 2.24) is 9.97 Å². The van der Waals surface area contributed by atoms with Gasteiger partial charge >= 0.3 is 0 Å². The third kappa shape index (κ3) is 2.58. The van der Waals surface area contributed by atoms with Crippen molar-refractivity contribution >= 4 is 32.7 Å². The molecule has 3 N–H and O–H groups in total. The number of nitrogens with zero attached hydrogens (tertiary/aromatic N) is 4. The Labute approximate surface area is 143 Å². The van der Waals surface area contributed by atoms with E-state index < -0.39 is 9.84 Å². The van der Waals surface area contributed by atoms with Crippen molar-refractivity contribution in [2.45, 2.75) is 4.90 Å². The zero-order valence-corrected chi connectivity index (χ0v) is 14.1. The Morgan fingerprint density at radius 3 is 2.60 bits per heavy atom. The Bertz CT molecular complexity index is 1160. The lowest BCUT2D eigenvalue weighted by Gasteiger charge is -2.12. The number of hydrogen-bond donors (Lipinski definition) is 2. The molecule has 1 aliphatic rings. The summed E-state index contributed by atoms with van der Waals surface area (Å²) in [6, 6.07) is 10.6. The van der Waals surface area contributed by atoms with E-state index in [1.165, 1.54) is 0 Å². The quantitative estimate of drug-likeness (QED) is 0.748. The van der Waals surface area contributed by atoms with Crippen molar-refractivity contribution in [1.29, 1.82) is 0 Å². The topological polar surface area (TPSA) is 126 Å². The van der Waals surface area contributed by atoms with Crippen molar-refractivity contribution in [3.05, 3.63) is 42.0 Å². The number of sulfone groups is 1. The van der Waals surface area contributed by atoms with Gasteiger partial charge in [-0.3, -0.25) is 0 Å². The molecule has 0 unspecified atom stereocenters. The predicted octanol–water partition coefficient (Wildman–Crippen LogP) is 2.39. The van der Waals surface area contributed by atoms with Crippen LogP contribution in [0.25, 0.3) is 22.2 Å². The largest absolute Gasteiger partial charge is 0.369 e. The number of rotatable bonds is 3.